The summed E-state index contributed by atoms with van der Waals surface area (Å²) in [6.07, 6.45) is 0.180. The normalized spacial score (nSPS) is 23.0. The molecule has 26 heavy (non-hydrogen) atoms. The summed E-state index contributed by atoms with van der Waals surface area (Å²) in [6, 6.07) is 10.1. The van der Waals surface area contributed by atoms with Crippen molar-refractivity contribution in [1.82, 2.24) is 5.06 Å². The molecule has 0 saturated carbocycles. The zero-order valence-corrected chi connectivity index (χ0v) is 18.2. The molecule has 1 heterocycles. The maximum Gasteiger partial charge on any atom is 0.343 e. The molecular weight excluding hydrogens is 346 g/mol. The van der Waals surface area contributed by atoms with Crippen molar-refractivity contribution in [2.24, 2.45) is 0 Å². The van der Waals surface area contributed by atoms with Crippen molar-refractivity contribution in [3.05, 3.63) is 35.9 Å². The van der Waals surface area contributed by atoms with Gasteiger partial charge < -0.3 is 9.16 Å². The molecule has 2 atom stereocenters. The summed E-state index contributed by atoms with van der Waals surface area (Å²) in [5, 5.41) is 1.90. The van der Waals surface area contributed by atoms with Crippen LogP contribution in [0.4, 0.5) is 0 Å². The number of hydroxylamine groups is 2. The number of ether oxygens (including phenoxy) is 1. The van der Waals surface area contributed by atoms with Gasteiger partial charge in [-0.1, -0.05) is 51.1 Å². The molecular formula is C20H33NO4Si. The van der Waals surface area contributed by atoms with Crippen LogP contribution < -0.4 is 0 Å². The average molecular weight is 380 g/mol. The first-order chi connectivity index (χ1) is 12.0. The number of hydrogen-bond acceptors (Lipinski definition) is 5. The summed E-state index contributed by atoms with van der Waals surface area (Å²) in [7, 11) is -0.635. The van der Waals surface area contributed by atoms with Crippen LogP contribution in [0, 0.1) is 0 Å². The highest BCUT2D eigenvalue weighted by Gasteiger charge is 2.55. The lowest BCUT2D eigenvalue weighted by Gasteiger charge is -2.42. The van der Waals surface area contributed by atoms with E-state index in [9.17, 15) is 4.79 Å². The molecule has 5 nitrogen and oxygen atoms in total. The molecule has 1 aliphatic heterocycles. The molecule has 1 aliphatic rings. The van der Waals surface area contributed by atoms with Crippen molar-refractivity contribution in [3.8, 4) is 0 Å². The van der Waals surface area contributed by atoms with Crippen molar-refractivity contribution in [1.29, 1.82) is 0 Å². The predicted molar refractivity (Wildman–Crippen MR) is 105 cm³/mol. The van der Waals surface area contributed by atoms with Crippen molar-refractivity contribution >= 4 is 14.3 Å². The van der Waals surface area contributed by atoms with Gasteiger partial charge in [-0.15, -0.1) is 0 Å². The Kier molecular flexibility index (Phi) is 6.33. The molecule has 1 aromatic rings. The Bertz CT molecular complexity index is 614. The number of rotatable bonds is 6. The van der Waals surface area contributed by atoms with Crippen LogP contribution >= 0.6 is 0 Å². The van der Waals surface area contributed by atoms with Crippen molar-refractivity contribution in [2.75, 3.05) is 13.7 Å². The number of carbonyl (C=O) groups is 1. The Balaban J connectivity index is 2.18. The molecule has 0 N–H and O–H groups in total. The molecule has 146 valence electrons. The molecule has 6 heteroatoms. The minimum absolute atomic E-state index is 0.0564. The third kappa shape index (κ3) is 4.36. The minimum Gasteiger partial charge on any atom is -0.467 e. The molecule has 0 bridgehead atoms. The van der Waals surface area contributed by atoms with Gasteiger partial charge in [-0.3, -0.25) is 4.84 Å². The Hall–Kier alpha value is -1.21. The van der Waals surface area contributed by atoms with Gasteiger partial charge in [0.05, 0.1) is 13.2 Å². The Morgan fingerprint density at radius 3 is 2.46 bits per heavy atom. The van der Waals surface area contributed by atoms with Gasteiger partial charge in [0.1, 0.15) is 0 Å². The van der Waals surface area contributed by atoms with Crippen molar-refractivity contribution in [3.63, 3.8) is 0 Å². The quantitative estimate of drug-likeness (QED) is 0.549. The van der Waals surface area contributed by atoms with Crippen molar-refractivity contribution in [2.45, 2.75) is 70.5 Å². The fraction of sp³-hybridized carbons (Fsp3) is 0.650. The standard InChI is InChI=1S/C20H33NO4Si/c1-16(24-26(6,7)19(2,3)4)20(18(22)23-5)13-14-21(25-20)15-17-11-9-8-10-12-17/h8-12,16H,13-15H2,1-7H3/t16-,20+/m0/s1. The van der Waals surface area contributed by atoms with Gasteiger partial charge in [-0.2, -0.15) is 5.06 Å². The maximum absolute atomic E-state index is 12.7. The summed E-state index contributed by atoms with van der Waals surface area (Å²) in [5.41, 5.74) is 0.0603. The third-order valence-electron chi connectivity index (χ3n) is 5.69. The topological polar surface area (TPSA) is 48.0 Å². The molecule has 1 aromatic carbocycles. The smallest absolute Gasteiger partial charge is 0.343 e. The first-order valence-corrected chi connectivity index (χ1v) is 12.2. The van der Waals surface area contributed by atoms with E-state index in [1.165, 1.54) is 7.11 Å². The van der Waals surface area contributed by atoms with E-state index in [0.717, 1.165) is 5.56 Å². The first-order valence-electron chi connectivity index (χ1n) is 9.26. The van der Waals surface area contributed by atoms with Crippen LogP contribution in [0.2, 0.25) is 18.1 Å². The van der Waals surface area contributed by atoms with Crippen LogP contribution in [-0.4, -0.2) is 44.7 Å². The van der Waals surface area contributed by atoms with Crippen LogP contribution in [0.5, 0.6) is 0 Å². The fourth-order valence-corrected chi connectivity index (χ4v) is 4.41. The highest BCUT2D eigenvalue weighted by atomic mass is 28.4. The fourth-order valence-electron chi connectivity index (χ4n) is 2.98. The molecule has 2 rings (SSSR count). The SMILES string of the molecule is COC(=O)[C@]1([C@H](C)O[Si](C)(C)C(C)(C)C)CCN(Cc2ccccc2)O1. The van der Waals surface area contributed by atoms with E-state index in [1.807, 2.05) is 30.2 Å². The van der Waals surface area contributed by atoms with E-state index in [0.29, 0.717) is 19.5 Å². The summed E-state index contributed by atoms with van der Waals surface area (Å²) in [4.78, 5) is 18.9. The number of benzene rings is 1. The Morgan fingerprint density at radius 1 is 1.31 bits per heavy atom. The lowest BCUT2D eigenvalue weighted by Crippen LogP contribution is -2.55. The number of esters is 1. The van der Waals surface area contributed by atoms with E-state index in [-0.39, 0.29) is 17.1 Å². The Morgan fingerprint density at radius 2 is 1.92 bits per heavy atom. The first kappa shape index (κ1) is 21.1. The highest BCUT2D eigenvalue weighted by Crippen LogP contribution is 2.41. The van der Waals surface area contributed by atoms with Crippen LogP contribution in [-0.2, 0) is 25.3 Å². The molecule has 0 aromatic heterocycles. The number of hydrogen-bond donors (Lipinski definition) is 0. The van der Waals surface area contributed by atoms with Crippen LogP contribution in [0.15, 0.2) is 30.3 Å². The van der Waals surface area contributed by atoms with Crippen LogP contribution in [0.25, 0.3) is 0 Å². The van der Waals surface area contributed by atoms with Crippen LogP contribution in [0.1, 0.15) is 39.7 Å². The molecule has 0 amide bonds. The maximum atomic E-state index is 12.7. The van der Waals surface area contributed by atoms with Gasteiger partial charge >= 0.3 is 5.97 Å². The summed E-state index contributed by atoms with van der Waals surface area (Å²) >= 11 is 0. The predicted octanol–water partition coefficient (Wildman–Crippen LogP) is 4.15. The van der Waals surface area contributed by atoms with Gasteiger partial charge in [-0.05, 0) is 30.6 Å². The minimum atomic E-state index is -2.04. The number of methoxy groups -OCH3 is 1. The van der Waals surface area contributed by atoms with Gasteiger partial charge in [-0.25, -0.2) is 4.79 Å². The Labute approximate surface area is 158 Å². The van der Waals surface area contributed by atoms with Gasteiger partial charge in [0.2, 0.25) is 5.60 Å². The molecule has 1 fully saturated rings. The zero-order chi connectivity index (χ0) is 19.6. The molecule has 1 saturated heterocycles. The van der Waals surface area contributed by atoms with Crippen molar-refractivity contribution < 1.29 is 18.8 Å². The highest BCUT2D eigenvalue weighted by molar-refractivity contribution is 6.74. The molecule has 0 unspecified atom stereocenters. The van der Waals surface area contributed by atoms with Gasteiger partial charge in [0.25, 0.3) is 0 Å². The third-order valence-corrected chi connectivity index (χ3v) is 10.2. The van der Waals surface area contributed by atoms with E-state index in [1.54, 1.807) is 0 Å². The van der Waals surface area contributed by atoms with Crippen LogP contribution in [0.3, 0.4) is 0 Å². The lowest BCUT2D eigenvalue weighted by molar-refractivity contribution is -0.235. The summed E-state index contributed by atoms with van der Waals surface area (Å²) in [6.45, 7) is 14.2. The zero-order valence-electron chi connectivity index (χ0n) is 17.2. The molecule has 0 spiro atoms. The monoisotopic (exact) mass is 379 g/mol. The second-order valence-corrected chi connectivity index (χ2v) is 13.3. The molecule has 0 aliphatic carbocycles. The second-order valence-electron chi connectivity index (χ2n) is 8.59. The van der Waals surface area contributed by atoms with E-state index >= 15 is 0 Å². The lowest BCUT2D eigenvalue weighted by atomic mass is 9.95. The number of carbonyl (C=O) groups excluding carboxylic acids is 1. The van der Waals surface area contributed by atoms with E-state index in [4.69, 9.17) is 14.0 Å². The second kappa shape index (κ2) is 7.80. The molecule has 0 radical (unpaired) electrons. The van der Waals surface area contributed by atoms with Gasteiger partial charge in [0.15, 0.2) is 8.32 Å². The average Bonchev–Trinajstić information content (AvgIpc) is 2.99. The number of nitrogens with zero attached hydrogens (tertiary/aromatic N) is 1. The summed E-state index contributed by atoms with van der Waals surface area (Å²) in [5.74, 6) is -0.362. The summed E-state index contributed by atoms with van der Waals surface area (Å²) < 4.78 is 11.6. The van der Waals surface area contributed by atoms with Gasteiger partial charge in [0, 0.05) is 19.5 Å². The van der Waals surface area contributed by atoms with E-state index < -0.39 is 13.9 Å². The largest absolute Gasteiger partial charge is 0.467 e. The van der Waals surface area contributed by atoms with E-state index in [2.05, 4.69) is 46.0 Å².